The monoisotopic (exact) mass is 503 g/mol. The molecule has 0 saturated carbocycles. The van der Waals surface area contributed by atoms with E-state index >= 15 is 0 Å². The summed E-state index contributed by atoms with van der Waals surface area (Å²) in [5.41, 5.74) is 3.91. The highest BCUT2D eigenvalue weighted by atomic mass is 16.6. The first-order valence-corrected chi connectivity index (χ1v) is 12.6. The van der Waals surface area contributed by atoms with Gasteiger partial charge in [0.1, 0.15) is 12.4 Å². The van der Waals surface area contributed by atoms with Crippen LogP contribution in [0.5, 0.6) is 0 Å². The number of likely N-dealkylation sites (tertiary alicyclic amines) is 1. The molecule has 0 spiro atoms. The molecule has 1 fully saturated rings. The molecule has 2 N–H and O–H groups in total. The van der Waals surface area contributed by atoms with E-state index in [0.29, 0.717) is 12.1 Å². The molecule has 1 amide bonds. The number of esters is 1. The summed E-state index contributed by atoms with van der Waals surface area (Å²) in [6.07, 6.45) is 1.97. The first-order valence-electron chi connectivity index (χ1n) is 12.6. The van der Waals surface area contributed by atoms with Crippen LogP contribution in [-0.2, 0) is 31.0 Å². The Bertz CT molecular complexity index is 1300. The number of carbonyl (C=O) groups is 2. The second-order valence-electron chi connectivity index (χ2n) is 9.49. The van der Waals surface area contributed by atoms with Crippen LogP contribution in [0.15, 0.2) is 36.4 Å². The van der Waals surface area contributed by atoms with Crippen LogP contribution < -0.4 is 5.32 Å². The van der Waals surface area contributed by atoms with Crippen molar-refractivity contribution in [2.75, 3.05) is 38.2 Å². The van der Waals surface area contributed by atoms with Gasteiger partial charge in [-0.15, -0.1) is 0 Å². The van der Waals surface area contributed by atoms with Crippen molar-refractivity contribution in [1.29, 1.82) is 5.26 Å². The Hall–Kier alpha value is -3.90. The van der Waals surface area contributed by atoms with E-state index in [2.05, 4.69) is 16.4 Å². The van der Waals surface area contributed by atoms with Gasteiger partial charge in [-0.2, -0.15) is 5.26 Å². The molecule has 0 radical (unpaired) electrons. The summed E-state index contributed by atoms with van der Waals surface area (Å²) in [5.74, 6) is 0.303. The largest absolute Gasteiger partial charge is 0.464 e. The summed E-state index contributed by atoms with van der Waals surface area (Å²) in [6.45, 7) is 7.66. The van der Waals surface area contributed by atoms with Gasteiger partial charge in [-0.05, 0) is 75.1 Å². The van der Waals surface area contributed by atoms with E-state index in [9.17, 15) is 9.59 Å². The van der Waals surface area contributed by atoms with Gasteiger partial charge in [0.25, 0.3) is 0 Å². The number of amides is 1. The molecule has 9 heteroatoms. The first kappa shape index (κ1) is 26.2. The molecule has 1 atom stereocenters. The third-order valence-corrected chi connectivity index (χ3v) is 6.81. The SMILES string of the molecule is CCOC(=O)COCC(C)(C(=O)N1CCCC1)c1ccc2[nH]c(CNc3ccc(C#N)cc3)nc2c1C. The fraction of sp³-hybridized carbons (Fsp3) is 0.429. The number of rotatable bonds is 10. The van der Waals surface area contributed by atoms with E-state index in [1.54, 1.807) is 19.1 Å². The lowest BCUT2D eigenvalue weighted by atomic mass is 9.79. The molecule has 2 aromatic carbocycles. The summed E-state index contributed by atoms with van der Waals surface area (Å²) in [5, 5.41) is 12.3. The number of H-pyrrole nitrogens is 1. The summed E-state index contributed by atoms with van der Waals surface area (Å²) >= 11 is 0. The number of aromatic amines is 1. The van der Waals surface area contributed by atoms with E-state index < -0.39 is 11.4 Å². The van der Waals surface area contributed by atoms with Crippen LogP contribution in [0, 0.1) is 18.3 Å². The molecule has 37 heavy (non-hydrogen) atoms. The predicted octanol–water partition coefficient (Wildman–Crippen LogP) is 3.81. The Balaban J connectivity index is 1.58. The summed E-state index contributed by atoms with van der Waals surface area (Å²) < 4.78 is 10.7. The average Bonchev–Trinajstić information content (AvgIpc) is 3.58. The second-order valence-corrected chi connectivity index (χ2v) is 9.49. The van der Waals surface area contributed by atoms with Gasteiger partial charge in [-0.1, -0.05) is 6.07 Å². The zero-order chi connectivity index (χ0) is 26.4. The standard InChI is InChI=1S/C28H33N5O4/c1-4-37-25(34)17-36-18-28(3,27(35)33-13-5-6-14-33)22-11-12-23-26(19(22)2)32-24(31-23)16-30-21-9-7-20(15-29)8-10-21/h7-12,30H,4-6,13-14,16-18H2,1-3H3,(H,31,32). The van der Waals surface area contributed by atoms with Crippen molar-refractivity contribution < 1.29 is 19.1 Å². The number of imidazole rings is 1. The van der Waals surface area contributed by atoms with Crippen molar-refractivity contribution in [2.45, 2.75) is 45.6 Å². The highest BCUT2D eigenvalue weighted by Crippen LogP contribution is 2.34. The van der Waals surface area contributed by atoms with Gasteiger partial charge in [0.15, 0.2) is 0 Å². The minimum absolute atomic E-state index is 0.00505. The second kappa shape index (κ2) is 11.4. The smallest absolute Gasteiger partial charge is 0.332 e. The number of carbonyl (C=O) groups excluding carboxylic acids is 2. The number of benzene rings is 2. The highest BCUT2D eigenvalue weighted by molar-refractivity contribution is 5.91. The number of nitrogens with one attached hydrogen (secondary N) is 2. The topological polar surface area (TPSA) is 120 Å². The van der Waals surface area contributed by atoms with Gasteiger partial charge < -0.3 is 24.7 Å². The lowest BCUT2D eigenvalue weighted by Gasteiger charge is -2.34. The van der Waals surface area contributed by atoms with E-state index in [1.165, 1.54) is 0 Å². The van der Waals surface area contributed by atoms with E-state index in [1.807, 2.05) is 43.0 Å². The molecule has 9 nitrogen and oxygen atoms in total. The minimum atomic E-state index is -0.977. The van der Waals surface area contributed by atoms with Gasteiger partial charge in [0, 0.05) is 18.8 Å². The van der Waals surface area contributed by atoms with E-state index in [0.717, 1.165) is 59.6 Å². The Morgan fingerprint density at radius 2 is 1.92 bits per heavy atom. The van der Waals surface area contributed by atoms with Crippen molar-refractivity contribution in [3.8, 4) is 6.07 Å². The molecule has 0 aliphatic carbocycles. The zero-order valence-corrected chi connectivity index (χ0v) is 21.6. The van der Waals surface area contributed by atoms with E-state index in [-0.39, 0.29) is 25.7 Å². The first-order chi connectivity index (χ1) is 17.9. The fourth-order valence-corrected chi connectivity index (χ4v) is 4.86. The highest BCUT2D eigenvalue weighted by Gasteiger charge is 2.41. The number of aryl methyl sites for hydroxylation is 1. The number of nitriles is 1. The molecule has 1 aliphatic rings. The lowest BCUT2D eigenvalue weighted by Crippen LogP contribution is -2.47. The Kier molecular flexibility index (Phi) is 8.09. The van der Waals surface area contributed by atoms with Crippen LogP contribution in [0.25, 0.3) is 11.0 Å². The molecule has 1 unspecified atom stereocenters. The van der Waals surface area contributed by atoms with Gasteiger partial charge in [0.2, 0.25) is 5.91 Å². The van der Waals surface area contributed by atoms with Crippen molar-refractivity contribution in [2.24, 2.45) is 0 Å². The van der Waals surface area contributed by atoms with Crippen LogP contribution >= 0.6 is 0 Å². The molecule has 1 aliphatic heterocycles. The minimum Gasteiger partial charge on any atom is -0.464 e. The van der Waals surface area contributed by atoms with Crippen molar-refractivity contribution in [3.05, 3.63) is 58.9 Å². The average molecular weight is 504 g/mol. The normalized spacial score (nSPS) is 14.8. The fourth-order valence-electron chi connectivity index (χ4n) is 4.86. The Morgan fingerprint density at radius 3 is 2.59 bits per heavy atom. The maximum Gasteiger partial charge on any atom is 0.332 e. The molecule has 1 aromatic heterocycles. The maximum absolute atomic E-state index is 13.7. The van der Waals surface area contributed by atoms with Crippen LogP contribution in [0.3, 0.4) is 0 Å². The van der Waals surface area contributed by atoms with Gasteiger partial charge in [-0.25, -0.2) is 9.78 Å². The Morgan fingerprint density at radius 1 is 1.19 bits per heavy atom. The van der Waals surface area contributed by atoms with Gasteiger partial charge in [-0.3, -0.25) is 4.79 Å². The molecule has 1 saturated heterocycles. The predicted molar refractivity (Wildman–Crippen MR) is 140 cm³/mol. The maximum atomic E-state index is 13.7. The number of anilines is 1. The van der Waals surface area contributed by atoms with Crippen molar-refractivity contribution in [1.82, 2.24) is 14.9 Å². The molecular formula is C28H33N5O4. The third-order valence-electron chi connectivity index (χ3n) is 6.81. The van der Waals surface area contributed by atoms with Crippen LogP contribution in [-0.4, -0.2) is 59.7 Å². The number of ether oxygens (including phenoxy) is 2. The lowest BCUT2D eigenvalue weighted by molar-refractivity contribution is -0.151. The van der Waals surface area contributed by atoms with E-state index in [4.69, 9.17) is 19.7 Å². The third kappa shape index (κ3) is 5.75. The molecular weight excluding hydrogens is 470 g/mol. The van der Waals surface area contributed by atoms with Crippen molar-refractivity contribution in [3.63, 3.8) is 0 Å². The zero-order valence-electron chi connectivity index (χ0n) is 21.6. The molecule has 4 rings (SSSR count). The molecule has 0 bridgehead atoms. The van der Waals surface area contributed by atoms with Crippen LogP contribution in [0.1, 0.15) is 49.2 Å². The summed E-state index contributed by atoms with van der Waals surface area (Å²) in [4.78, 5) is 35.6. The van der Waals surface area contributed by atoms with Crippen LogP contribution in [0.2, 0.25) is 0 Å². The number of hydrogen-bond acceptors (Lipinski definition) is 7. The number of fused-ring (bicyclic) bond motifs is 1. The van der Waals surface area contributed by atoms with Crippen molar-refractivity contribution >= 4 is 28.6 Å². The van der Waals surface area contributed by atoms with Gasteiger partial charge in [0.05, 0.1) is 47.8 Å². The van der Waals surface area contributed by atoms with Crippen LogP contribution in [0.4, 0.5) is 5.69 Å². The number of hydrogen-bond donors (Lipinski definition) is 2. The number of nitrogens with zero attached hydrogens (tertiary/aromatic N) is 3. The number of aromatic nitrogens is 2. The molecule has 2 heterocycles. The summed E-state index contributed by atoms with van der Waals surface area (Å²) in [6, 6.07) is 13.3. The molecule has 194 valence electrons. The van der Waals surface area contributed by atoms with Gasteiger partial charge >= 0.3 is 5.97 Å². The molecule has 3 aromatic rings. The quantitative estimate of drug-likeness (QED) is 0.404. The Labute approximate surface area is 216 Å². The summed E-state index contributed by atoms with van der Waals surface area (Å²) in [7, 11) is 0.